The third-order valence-electron chi connectivity index (χ3n) is 4.66. The van der Waals surface area contributed by atoms with Gasteiger partial charge in [-0.25, -0.2) is 0 Å². The van der Waals surface area contributed by atoms with Gasteiger partial charge in [-0.1, -0.05) is 71.5 Å². The quantitative estimate of drug-likeness (QED) is 0.675. The molecule has 0 atom stereocenters. The van der Waals surface area contributed by atoms with Crippen LogP contribution in [-0.2, 0) is 0 Å². The number of benzene rings is 2. The van der Waals surface area contributed by atoms with Crippen molar-refractivity contribution < 1.29 is 0 Å². The summed E-state index contributed by atoms with van der Waals surface area (Å²) in [4.78, 5) is 0. The summed E-state index contributed by atoms with van der Waals surface area (Å²) < 4.78 is 0. The Kier molecular flexibility index (Phi) is 4.69. The largest absolute Gasteiger partial charge is 0.0563 e. The zero-order valence-electron chi connectivity index (χ0n) is 14.3. The molecule has 2 aromatic carbocycles. The van der Waals surface area contributed by atoms with Gasteiger partial charge in [0.2, 0.25) is 0 Å². The van der Waals surface area contributed by atoms with E-state index in [4.69, 9.17) is 0 Å². The lowest BCUT2D eigenvalue weighted by atomic mass is 10.2. The monoisotopic (exact) mass is 310 g/mol. The molecule has 22 heavy (non-hydrogen) atoms. The van der Waals surface area contributed by atoms with Crippen LogP contribution in [0.4, 0.5) is 0 Å². The zero-order valence-corrected chi connectivity index (χ0v) is 15.2. The molecule has 116 valence electrons. The summed E-state index contributed by atoms with van der Waals surface area (Å²) in [5, 5.41) is 3.17. The van der Waals surface area contributed by atoms with Crippen molar-refractivity contribution >= 4 is 18.5 Å². The maximum absolute atomic E-state index is 2.44. The average Bonchev–Trinajstić information content (AvgIpc) is 2.90. The highest BCUT2D eigenvalue weighted by molar-refractivity contribution is 7.73. The molecule has 0 unspecified atom stereocenters. The summed E-state index contributed by atoms with van der Waals surface area (Å²) in [7, 11) is -0.217. The second kappa shape index (κ2) is 6.55. The highest BCUT2D eigenvalue weighted by Gasteiger charge is 2.28. The maximum atomic E-state index is 2.44. The molecule has 3 rings (SSSR count). The maximum Gasteiger partial charge on any atom is -0.0129 e. The summed E-state index contributed by atoms with van der Waals surface area (Å²) >= 11 is 0. The minimum atomic E-state index is -0.217. The van der Waals surface area contributed by atoms with E-state index in [-0.39, 0.29) is 7.92 Å². The average molecular weight is 310 g/mol. The molecule has 1 aliphatic rings. The smallest absolute Gasteiger partial charge is 0.0129 e. The second-order valence-electron chi connectivity index (χ2n) is 7.00. The normalized spacial score (nSPS) is 15.7. The van der Waals surface area contributed by atoms with Crippen LogP contribution in [0.25, 0.3) is 0 Å². The molecule has 0 amide bonds. The summed E-state index contributed by atoms with van der Waals surface area (Å²) in [5.41, 5.74) is 6.50. The van der Waals surface area contributed by atoms with E-state index < -0.39 is 0 Å². The third-order valence-corrected chi connectivity index (χ3v) is 7.53. The second-order valence-corrected chi connectivity index (χ2v) is 9.50. The van der Waals surface area contributed by atoms with Crippen LogP contribution in [0, 0.1) is 27.7 Å². The van der Waals surface area contributed by atoms with Crippen LogP contribution in [-0.4, -0.2) is 5.66 Å². The molecule has 2 aromatic rings. The van der Waals surface area contributed by atoms with E-state index in [1.54, 1.807) is 10.6 Å². The van der Waals surface area contributed by atoms with Gasteiger partial charge in [0.05, 0.1) is 0 Å². The van der Waals surface area contributed by atoms with Gasteiger partial charge in [-0.2, -0.15) is 0 Å². The van der Waals surface area contributed by atoms with Gasteiger partial charge in [-0.15, -0.1) is 0 Å². The molecule has 0 saturated heterocycles. The van der Waals surface area contributed by atoms with Gasteiger partial charge in [0.1, 0.15) is 0 Å². The highest BCUT2D eigenvalue weighted by atomic mass is 31.1. The Morgan fingerprint density at radius 3 is 1.36 bits per heavy atom. The van der Waals surface area contributed by atoms with E-state index in [0.29, 0.717) is 0 Å². The van der Waals surface area contributed by atoms with Crippen molar-refractivity contribution in [3.8, 4) is 0 Å². The summed E-state index contributed by atoms with van der Waals surface area (Å²) in [6, 6.07) is 14.4. The number of rotatable bonds is 3. The molecule has 0 aliphatic heterocycles. The van der Waals surface area contributed by atoms with Gasteiger partial charge in [-0.05, 0) is 64.7 Å². The number of hydrogen-bond acceptors (Lipinski definition) is 0. The lowest BCUT2D eigenvalue weighted by Crippen LogP contribution is -2.21. The predicted octanol–water partition coefficient (Wildman–Crippen LogP) is 5.30. The van der Waals surface area contributed by atoms with Crippen LogP contribution in [0.2, 0.25) is 0 Å². The molecule has 0 nitrogen and oxygen atoms in total. The van der Waals surface area contributed by atoms with E-state index in [9.17, 15) is 0 Å². The SMILES string of the molecule is Cc1cc(C)cc(P(c2cc(C)cc(C)c2)C2CCCC2)c1. The van der Waals surface area contributed by atoms with Crippen molar-refractivity contribution in [3.63, 3.8) is 0 Å². The fraction of sp³-hybridized carbons (Fsp3) is 0.429. The highest BCUT2D eigenvalue weighted by Crippen LogP contribution is 2.47. The van der Waals surface area contributed by atoms with Gasteiger partial charge < -0.3 is 0 Å². The molecule has 0 N–H and O–H groups in total. The summed E-state index contributed by atoms with van der Waals surface area (Å²) in [5.74, 6) is 0. The predicted molar refractivity (Wildman–Crippen MR) is 100 cm³/mol. The van der Waals surface area contributed by atoms with Crippen molar-refractivity contribution in [2.75, 3.05) is 0 Å². The van der Waals surface area contributed by atoms with E-state index in [1.807, 2.05) is 0 Å². The van der Waals surface area contributed by atoms with Crippen molar-refractivity contribution in [3.05, 3.63) is 58.7 Å². The molecule has 1 aliphatic carbocycles. The fourth-order valence-electron chi connectivity index (χ4n) is 3.91. The first kappa shape index (κ1) is 15.8. The molecule has 0 spiro atoms. The van der Waals surface area contributed by atoms with Crippen molar-refractivity contribution in [1.82, 2.24) is 0 Å². The first-order chi connectivity index (χ1) is 10.5. The van der Waals surface area contributed by atoms with Crippen LogP contribution >= 0.6 is 7.92 Å². The summed E-state index contributed by atoms with van der Waals surface area (Å²) in [6.45, 7) is 8.95. The van der Waals surface area contributed by atoms with E-state index in [0.717, 1.165) is 5.66 Å². The van der Waals surface area contributed by atoms with Crippen molar-refractivity contribution in [1.29, 1.82) is 0 Å². The summed E-state index contributed by atoms with van der Waals surface area (Å²) in [6.07, 6.45) is 5.65. The van der Waals surface area contributed by atoms with E-state index >= 15 is 0 Å². The molecule has 0 aromatic heterocycles. The van der Waals surface area contributed by atoms with Crippen LogP contribution in [0.3, 0.4) is 0 Å². The van der Waals surface area contributed by atoms with Crippen molar-refractivity contribution in [2.24, 2.45) is 0 Å². The molecule has 1 saturated carbocycles. The van der Waals surface area contributed by atoms with Gasteiger partial charge in [0, 0.05) is 0 Å². The fourth-order valence-corrected chi connectivity index (χ4v) is 7.31. The third kappa shape index (κ3) is 3.44. The number of hydrogen-bond donors (Lipinski definition) is 0. The molecule has 0 bridgehead atoms. The van der Waals surface area contributed by atoms with Crippen LogP contribution in [0.1, 0.15) is 47.9 Å². The Morgan fingerprint density at radius 1 is 0.636 bits per heavy atom. The molecule has 0 radical (unpaired) electrons. The van der Waals surface area contributed by atoms with Gasteiger partial charge in [-0.3, -0.25) is 0 Å². The Labute approximate surface area is 136 Å². The van der Waals surface area contributed by atoms with Crippen LogP contribution in [0.15, 0.2) is 36.4 Å². The molecule has 1 fully saturated rings. The van der Waals surface area contributed by atoms with Crippen molar-refractivity contribution in [2.45, 2.75) is 59.0 Å². The zero-order chi connectivity index (χ0) is 15.7. The lowest BCUT2D eigenvalue weighted by Gasteiger charge is -2.26. The first-order valence-corrected chi connectivity index (χ1v) is 9.90. The Balaban J connectivity index is 2.10. The topological polar surface area (TPSA) is 0 Å². The molecular weight excluding hydrogens is 283 g/mol. The minimum Gasteiger partial charge on any atom is -0.0563 e. The van der Waals surface area contributed by atoms with Gasteiger partial charge in [0.25, 0.3) is 0 Å². The Bertz CT molecular complexity index is 574. The van der Waals surface area contributed by atoms with E-state index in [2.05, 4.69) is 64.1 Å². The Hall–Kier alpha value is -1.13. The van der Waals surface area contributed by atoms with Gasteiger partial charge >= 0.3 is 0 Å². The molecular formula is C21H27P. The van der Waals surface area contributed by atoms with Crippen LogP contribution in [0.5, 0.6) is 0 Å². The molecule has 1 heteroatoms. The number of aryl methyl sites for hydroxylation is 4. The first-order valence-electron chi connectivity index (χ1n) is 8.49. The lowest BCUT2D eigenvalue weighted by molar-refractivity contribution is 0.886. The van der Waals surface area contributed by atoms with E-state index in [1.165, 1.54) is 47.9 Å². The van der Waals surface area contributed by atoms with Gasteiger partial charge in [0.15, 0.2) is 0 Å². The minimum absolute atomic E-state index is 0.217. The van der Waals surface area contributed by atoms with Crippen LogP contribution < -0.4 is 10.6 Å². The standard InChI is InChI=1S/C21H27P/c1-15-9-16(2)12-20(11-15)22(19-7-5-6-8-19)21-13-17(3)10-18(4)14-21/h9-14,19H,5-8H2,1-4H3. The Morgan fingerprint density at radius 2 is 1.00 bits per heavy atom. The molecule has 0 heterocycles.